The van der Waals surface area contributed by atoms with Crippen LogP contribution in [0, 0.1) is 19.7 Å². The molecule has 0 saturated heterocycles. The van der Waals surface area contributed by atoms with Gasteiger partial charge < -0.3 is 9.73 Å². The molecule has 2 heterocycles. The van der Waals surface area contributed by atoms with E-state index in [1.54, 1.807) is 23.0 Å². The maximum Gasteiger partial charge on any atom is 0.255 e. The Kier molecular flexibility index (Phi) is 4.93. The Morgan fingerprint density at radius 3 is 2.54 bits per heavy atom. The standard InChI is InChI=1S/C20H22FN3O2/c1-12(2)19-18(11-23-24(19)17-7-5-16(21)6-8-17)20(25)22-10-15-9-13(3)26-14(15)4/h5-9,11-12H,10H2,1-4H3,(H,22,25). The van der Waals surface area contributed by atoms with Crippen molar-refractivity contribution in [2.45, 2.75) is 40.2 Å². The largest absolute Gasteiger partial charge is 0.466 e. The van der Waals surface area contributed by atoms with Crippen LogP contribution in [0.15, 0.2) is 40.9 Å². The third kappa shape index (κ3) is 3.54. The van der Waals surface area contributed by atoms with Crippen LogP contribution in [-0.2, 0) is 6.54 Å². The Morgan fingerprint density at radius 1 is 1.27 bits per heavy atom. The highest BCUT2D eigenvalue weighted by Crippen LogP contribution is 2.23. The van der Waals surface area contributed by atoms with Crippen molar-refractivity contribution in [2.75, 3.05) is 0 Å². The number of nitrogens with one attached hydrogen (secondary N) is 1. The fourth-order valence-electron chi connectivity index (χ4n) is 3.01. The second-order valence-corrected chi connectivity index (χ2v) is 6.61. The lowest BCUT2D eigenvalue weighted by Gasteiger charge is -2.13. The predicted molar refractivity (Wildman–Crippen MR) is 97.0 cm³/mol. The van der Waals surface area contributed by atoms with E-state index in [9.17, 15) is 9.18 Å². The summed E-state index contributed by atoms with van der Waals surface area (Å²) in [7, 11) is 0. The van der Waals surface area contributed by atoms with Gasteiger partial charge in [0.05, 0.1) is 23.1 Å². The molecule has 0 saturated carbocycles. The van der Waals surface area contributed by atoms with Gasteiger partial charge in [0.2, 0.25) is 0 Å². The molecule has 1 amide bonds. The molecule has 5 nitrogen and oxygen atoms in total. The van der Waals surface area contributed by atoms with Gasteiger partial charge in [-0.2, -0.15) is 5.10 Å². The van der Waals surface area contributed by atoms with Crippen LogP contribution in [0.2, 0.25) is 0 Å². The van der Waals surface area contributed by atoms with Crippen molar-refractivity contribution in [1.29, 1.82) is 0 Å². The second-order valence-electron chi connectivity index (χ2n) is 6.61. The molecule has 3 rings (SSSR count). The number of halogens is 1. The Balaban J connectivity index is 1.86. The highest BCUT2D eigenvalue weighted by molar-refractivity contribution is 5.95. The van der Waals surface area contributed by atoms with Crippen LogP contribution in [0.25, 0.3) is 5.69 Å². The van der Waals surface area contributed by atoms with E-state index in [2.05, 4.69) is 10.4 Å². The van der Waals surface area contributed by atoms with Crippen molar-refractivity contribution < 1.29 is 13.6 Å². The molecule has 0 aliphatic carbocycles. The zero-order chi connectivity index (χ0) is 18.8. The molecular weight excluding hydrogens is 333 g/mol. The number of rotatable bonds is 5. The van der Waals surface area contributed by atoms with Crippen molar-refractivity contribution in [2.24, 2.45) is 0 Å². The molecule has 2 aromatic heterocycles. The van der Waals surface area contributed by atoms with Crippen LogP contribution < -0.4 is 5.32 Å². The number of aromatic nitrogens is 2. The lowest BCUT2D eigenvalue weighted by molar-refractivity contribution is 0.0949. The molecule has 0 aliphatic heterocycles. The van der Waals surface area contributed by atoms with Crippen molar-refractivity contribution >= 4 is 5.91 Å². The molecule has 1 N–H and O–H groups in total. The molecule has 0 atom stereocenters. The van der Waals surface area contributed by atoms with Gasteiger partial charge in [0.25, 0.3) is 5.91 Å². The molecule has 0 fully saturated rings. The minimum atomic E-state index is -0.309. The number of furan rings is 1. The smallest absolute Gasteiger partial charge is 0.255 e. The van der Waals surface area contributed by atoms with Gasteiger partial charge in [-0.3, -0.25) is 4.79 Å². The summed E-state index contributed by atoms with van der Waals surface area (Å²) < 4.78 is 20.4. The number of nitrogens with zero attached hydrogens (tertiary/aromatic N) is 2. The zero-order valence-electron chi connectivity index (χ0n) is 15.3. The molecule has 136 valence electrons. The molecule has 0 bridgehead atoms. The number of amides is 1. The average molecular weight is 355 g/mol. The number of aryl methyl sites for hydroxylation is 2. The van der Waals surface area contributed by atoms with Gasteiger partial charge in [-0.1, -0.05) is 13.8 Å². The van der Waals surface area contributed by atoms with Crippen LogP contribution in [0.3, 0.4) is 0 Å². The predicted octanol–water partition coefficient (Wildman–Crippen LogP) is 4.27. The molecule has 6 heteroatoms. The lowest BCUT2D eigenvalue weighted by atomic mass is 10.0. The maximum absolute atomic E-state index is 13.2. The number of carbonyl (C=O) groups excluding carboxylic acids is 1. The topological polar surface area (TPSA) is 60.1 Å². The van der Waals surface area contributed by atoms with E-state index in [1.807, 2.05) is 33.8 Å². The van der Waals surface area contributed by atoms with Crippen molar-refractivity contribution in [3.63, 3.8) is 0 Å². The Labute approximate surface area is 151 Å². The van der Waals surface area contributed by atoms with Gasteiger partial charge in [0.15, 0.2) is 0 Å². The minimum Gasteiger partial charge on any atom is -0.466 e. The number of hydrogen-bond donors (Lipinski definition) is 1. The summed E-state index contributed by atoms with van der Waals surface area (Å²) in [6.07, 6.45) is 1.56. The number of hydrogen-bond acceptors (Lipinski definition) is 3. The first kappa shape index (κ1) is 17.9. The molecule has 26 heavy (non-hydrogen) atoms. The average Bonchev–Trinajstić information content (AvgIpc) is 3.16. The summed E-state index contributed by atoms with van der Waals surface area (Å²) in [5.41, 5.74) is 2.97. The maximum atomic E-state index is 13.2. The summed E-state index contributed by atoms with van der Waals surface area (Å²) in [6, 6.07) is 7.97. The zero-order valence-corrected chi connectivity index (χ0v) is 15.3. The SMILES string of the molecule is Cc1cc(CNC(=O)c2cnn(-c3ccc(F)cc3)c2C(C)C)c(C)o1. The highest BCUT2D eigenvalue weighted by Gasteiger charge is 2.21. The van der Waals surface area contributed by atoms with E-state index >= 15 is 0 Å². The van der Waals surface area contributed by atoms with Crippen LogP contribution >= 0.6 is 0 Å². The van der Waals surface area contributed by atoms with Crippen LogP contribution in [-0.4, -0.2) is 15.7 Å². The number of benzene rings is 1. The van der Waals surface area contributed by atoms with E-state index in [0.717, 1.165) is 28.5 Å². The van der Waals surface area contributed by atoms with Crippen molar-refractivity contribution in [3.05, 3.63) is 70.7 Å². The van der Waals surface area contributed by atoms with E-state index in [-0.39, 0.29) is 17.6 Å². The summed E-state index contributed by atoms with van der Waals surface area (Å²) in [6.45, 7) is 8.14. The van der Waals surface area contributed by atoms with E-state index in [1.165, 1.54) is 12.1 Å². The number of carbonyl (C=O) groups is 1. The minimum absolute atomic E-state index is 0.0706. The van der Waals surface area contributed by atoms with Gasteiger partial charge in [-0.25, -0.2) is 9.07 Å². The molecule has 3 aromatic rings. The second kappa shape index (κ2) is 7.15. The van der Waals surface area contributed by atoms with Crippen molar-refractivity contribution in [1.82, 2.24) is 15.1 Å². The first-order valence-corrected chi connectivity index (χ1v) is 8.54. The Hall–Kier alpha value is -2.89. The molecule has 0 radical (unpaired) electrons. The summed E-state index contributed by atoms with van der Waals surface area (Å²) >= 11 is 0. The molecule has 0 spiro atoms. The van der Waals surface area contributed by atoms with E-state index in [4.69, 9.17) is 4.42 Å². The summed E-state index contributed by atoms with van der Waals surface area (Å²) in [5.74, 6) is 1.19. The van der Waals surface area contributed by atoms with Gasteiger partial charge in [-0.05, 0) is 50.1 Å². The van der Waals surface area contributed by atoms with Gasteiger partial charge in [-0.15, -0.1) is 0 Å². The van der Waals surface area contributed by atoms with Crippen molar-refractivity contribution in [3.8, 4) is 5.69 Å². The lowest BCUT2D eigenvalue weighted by Crippen LogP contribution is -2.24. The van der Waals surface area contributed by atoms with Crippen LogP contribution in [0.1, 0.15) is 52.9 Å². The third-order valence-electron chi connectivity index (χ3n) is 4.25. The first-order chi connectivity index (χ1) is 12.4. The molecule has 1 aromatic carbocycles. The highest BCUT2D eigenvalue weighted by atomic mass is 19.1. The fourth-order valence-corrected chi connectivity index (χ4v) is 3.01. The normalized spacial score (nSPS) is 11.2. The summed E-state index contributed by atoms with van der Waals surface area (Å²) in [4.78, 5) is 12.7. The Morgan fingerprint density at radius 2 is 1.96 bits per heavy atom. The van der Waals surface area contributed by atoms with Gasteiger partial charge >= 0.3 is 0 Å². The first-order valence-electron chi connectivity index (χ1n) is 8.54. The quantitative estimate of drug-likeness (QED) is 0.743. The van der Waals surface area contributed by atoms with E-state index < -0.39 is 0 Å². The fraction of sp³-hybridized carbons (Fsp3) is 0.300. The van der Waals surface area contributed by atoms with Crippen LogP contribution in [0.4, 0.5) is 4.39 Å². The Bertz CT molecular complexity index is 923. The van der Waals surface area contributed by atoms with Gasteiger partial charge in [0, 0.05) is 12.1 Å². The van der Waals surface area contributed by atoms with Crippen LogP contribution in [0.5, 0.6) is 0 Å². The molecule has 0 unspecified atom stereocenters. The van der Waals surface area contributed by atoms with E-state index in [0.29, 0.717) is 12.1 Å². The monoisotopic (exact) mass is 355 g/mol. The molecular formula is C20H22FN3O2. The summed E-state index contributed by atoms with van der Waals surface area (Å²) in [5, 5.41) is 7.28. The van der Waals surface area contributed by atoms with Gasteiger partial charge in [0.1, 0.15) is 17.3 Å². The molecule has 0 aliphatic rings. The third-order valence-corrected chi connectivity index (χ3v) is 4.25.